The van der Waals surface area contributed by atoms with Gasteiger partial charge in [-0.1, -0.05) is 40.8 Å². The number of carbonyl (C=O) groups excluding carboxylic acids is 1. The maximum atomic E-state index is 11.0. The van der Waals surface area contributed by atoms with Crippen LogP contribution in [0.3, 0.4) is 0 Å². The molecule has 0 radical (unpaired) electrons. The van der Waals surface area contributed by atoms with Crippen molar-refractivity contribution >= 4 is 51.4 Å². The van der Waals surface area contributed by atoms with Crippen molar-refractivity contribution in [2.75, 3.05) is 5.32 Å². The van der Waals surface area contributed by atoms with Crippen molar-refractivity contribution in [3.8, 4) is 0 Å². The number of aromatic nitrogens is 2. The van der Waals surface area contributed by atoms with Gasteiger partial charge in [0.25, 0.3) is 0 Å². The number of nitrogens with two attached hydrogens (primary N) is 1. The molecule has 0 bridgehead atoms. The monoisotopic (exact) mass is 328 g/mol. The van der Waals surface area contributed by atoms with Crippen LogP contribution in [0.4, 0.5) is 10.8 Å². The molecular weight excluding hydrogens is 316 g/mol. The third-order valence-corrected chi connectivity index (χ3v) is 4.96. The third-order valence-electron chi connectivity index (χ3n) is 2.51. The molecule has 106 valence electrons. The van der Waals surface area contributed by atoms with E-state index < -0.39 is 0 Å². The summed E-state index contributed by atoms with van der Waals surface area (Å²) in [4.78, 5) is 11.0. The second kappa shape index (κ2) is 6.43. The van der Waals surface area contributed by atoms with Crippen LogP contribution in [0.5, 0.6) is 0 Å². The van der Waals surface area contributed by atoms with E-state index in [0.717, 1.165) is 11.3 Å². The van der Waals surface area contributed by atoms with Gasteiger partial charge in [0.15, 0.2) is 4.34 Å². The molecule has 0 aliphatic carbocycles. The molecule has 2 aromatic rings. The summed E-state index contributed by atoms with van der Waals surface area (Å²) in [5.41, 5.74) is 7.07. The summed E-state index contributed by atoms with van der Waals surface area (Å²) >= 11 is 8.72. The highest BCUT2D eigenvalue weighted by Crippen LogP contribution is 2.31. The number of carbonyl (C=O) groups is 1. The summed E-state index contributed by atoms with van der Waals surface area (Å²) in [6, 6.07) is 5.68. The minimum absolute atomic E-state index is 0.329. The van der Waals surface area contributed by atoms with E-state index in [1.165, 1.54) is 23.1 Å². The maximum Gasteiger partial charge on any atom is 0.230 e. The van der Waals surface area contributed by atoms with Crippen LogP contribution >= 0.6 is 34.7 Å². The van der Waals surface area contributed by atoms with Crippen molar-refractivity contribution in [2.45, 2.75) is 23.4 Å². The van der Waals surface area contributed by atoms with Crippen molar-refractivity contribution < 1.29 is 4.79 Å². The summed E-state index contributed by atoms with van der Waals surface area (Å²) < 4.78 is 0.692. The minimum Gasteiger partial charge on any atom is -0.369 e. The van der Waals surface area contributed by atoms with Gasteiger partial charge in [0.2, 0.25) is 11.0 Å². The van der Waals surface area contributed by atoms with Gasteiger partial charge in [0, 0.05) is 10.7 Å². The quantitative estimate of drug-likeness (QED) is 0.824. The number of primary amides is 1. The van der Waals surface area contributed by atoms with Crippen molar-refractivity contribution in [3.63, 3.8) is 0 Å². The van der Waals surface area contributed by atoms with Gasteiger partial charge in [0.1, 0.15) is 0 Å². The average Bonchev–Trinajstić information content (AvgIpc) is 2.81. The van der Waals surface area contributed by atoms with Gasteiger partial charge in [-0.3, -0.25) is 4.79 Å². The zero-order valence-corrected chi connectivity index (χ0v) is 13.3. The number of hydrogen-bond acceptors (Lipinski definition) is 6. The van der Waals surface area contributed by atoms with Crippen LogP contribution in [0.15, 0.2) is 22.5 Å². The van der Waals surface area contributed by atoms with E-state index in [1.807, 2.05) is 25.1 Å². The van der Waals surface area contributed by atoms with Gasteiger partial charge in [-0.2, -0.15) is 0 Å². The molecule has 0 aliphatic heterocycles. The molecule has 1 amide bonds. The highest BCUT2D eigenvalue weighted by Gasteiger charge is 2.14. The van der Waals surface area contributed by atoms with Crippen LogP contribution in [-0.4, -0.2) is 21.4 Å². The number of anilines is 2. The number of hydrogen-bond donors (Lipinski definition) is 2. The molecule has 1 heterocycles. The van der Waals surface area contributed by atoms with Crippen molar-refractivity contribution in [3.05, 3.63) is 28.8 Å². The number of nitrogens with one attached hydrogen (secondary N) is 1. The molecule has 0 saturated heterocycles. The molecule has 0 fully saturated rings. The fraction of sp³-hybridized carbons (Fsp3) is 0.250. The summed E-state index contributed by atoms with van der Waals surface area (Å²) in [7, 11) is 0. The second-order valence-corrected chi connectivity index (χ2v) is 7.10. The number of halogens is 1. The molecule has 3 N–H and O–H groups in total. The first kappa shape index (κ1) is 15.1. The molecule has 1 aromatic heterocycles. The Morgan fingerprint density at radius 1 is 1.50 bits per heavy atom. The van der Waals surface area contributed by atoms with Crippen LogP contribution < -0.4 is 11.1 Å². The Hall–Kier alpha value is -1.31. The molecule has 1 aromatic carbocycles. The van der Waals surface area contributed by atoms with Gasteiger partial charge in [-0.25, -0.2) is 0 Å². The van der Waals surface area contributed by atoms with Crippen LogP contribution in [0, 0.1) is 6.92 Å². The lowest BCUT2D eigenvalue weighted by Crippen LogP contribution is -2.22. The zero-order valence-electron chi connectivity index (χ0n) is 10.9. The van der Waals surface area contributed by atoms with E-state index in [2.05, 4.69) is 15.5 Å². The lowest BCUT2D eigenvalue weighted by molar-refractivity contribution is -0.117. The molecule has 2 rings (SSSR count). The summed E-state index contributed by atoms with van der Waals surface area (Å²) in [6.45, 7) is 3.68. The Morgan fingerprint density at radius 2 is 2.25 bits per heavy atom. The third kappa shape index (κ3) is 3.84. The summed E-state index contributed by atoms with van der Waals surface area (Å²) in [5.74, 6) is -0.370. The lowest BCUT2D eigenvalue weighted by atomic mass is 10.2. The first-order valence-electron chi connectivity index (χ1n) is 5.78. The fourth-order valence-corrected chi connectivity index (χ4v) is 3.36. The van der Waals surface area contributed by atoms with E-state index in [9.17, 15) is 4.79 Å². The largest absolute Gasteiger partial charge is 0.369 e. The zero-order chi connectivity index (χ0) is 14.7. The van der Waals surface area contributed by atoms with Crippen LogP contribution in [0.25, 0.3) is 0 Å². The fourth-order valence-electron chi connectivity index (χ4n) is 1.31. The van der Waals surface area contributed by atoms with Crippen LogP contribution in [0.2, 0.25) is 5.02 Å². The van der Waals surface area contributed by atoms with E-state index in [-0.39, 0.29) is 11.2 Å². The smallest absolute Gasteiger partial charge is 0.230 e. The summed E-state index contributed by atoms with van der Waals surface area (Å²) in [5, 5.41) is 12.2. The van der Waals surface area contributed by atoms with Crippen molar-refractivity contribution in [2.24, 2.45) is 5.73 Å². The first-order valence-corrected chi connectivity index (χ1v) is 7.86. The molecule has 0 aliphatic rings. The van der Waals surface area contributed by atoms with E-state index >= 15 is 0 Å². The van der Waals surface area contributed by atoms with Crippen molar-refractivity contribution in [1.29, 1.82) is 0 Å². The van der Waals surface area contributed by atoms with E-state index in [4.69, 9.17) is 17.3 Å². The maximum absolute atomic E-state index is 11.0. The Kier molecular flexibility index (Phi) is 4.85. The Labute approximate surface area is 129 Å². The van der Waals surface area contributed by atoms with Gasteiger partial charge in [0.05, 0.1) is 5.25 Å². The molecular formula is C12H13ClN4OS2. The van der Waals surface area contributed by atoms with E-state index in [1.54, 1.807) is 6.92 Å². The van der Waals surface area contributed by atoms with Crippen molar-refractivity contribution in [1.82, 2.24) is 10.2 Å². The molecule has 1 atom stereocenters. The van der Waals surface area contributed by atoms with Gasteiger partial charge >= 0.3 is 0 Å². The van der Waals surface area contributed by atoms with Crippen LogP contribution in [0.1, 0.15) is 12.5 Å². The Bertz CT molecular complexity index is 632. The first-order chi connectivity index (χ1) is 9.45. The topological polar surface area (TPSA) is 80.9 Å². The highest BCUT2D eigenvalue weighted by molar-refractivity contribution is 8.02. The predicted molar refractivity (Wildman–Crippen MR) is 83.9 cm³/mol. The molecule has 0 unspecified atom stereocenters. The van der Waals surface area contributed by atoms with Gasteiger partial charge < -0.3 is 11.1 Å². The second-order valence-electron chi connectivity index (χ2n) is 4.12. The van der Waals surface area contributed by atoms with Gasteiger partial charge in [-0.15, -0.1) is 10.2 Å². The summed E-state index contributed by atoms with van der Waals surface area (Å²) in [6.07, 6.45) is 0. The number of rotatable bonds is 5. The molecule has 20 heavy (non-hydrogen) atoms. The van der Waals surface area contributed by atoms with E-state index in [0.29, 0.717) is 14.5 Å². The SMILES string of the molecule is Cc1ccc(Nc2nnc(S[C@H](C)C(N)=O)s2)cc1Cl. The number of aryl methyl sites for hydroxylation is 1. The number of nitrogens with zero attached hydrogens (tertiary/aromatic N) is 2. The predicted octanol–water partition coefficient (Wildman–Crippen LogP) is 3.21. The standard InChI is InChI=1S/C12H13ClN4OS2/c1-6-3-4-8(5-9(6)13)15-11-16-17-12(20-11)19-7(2)10(14)18/h3-5,7H,1-2H3,(H2,14,18)(H,15,16)/t7-/m1/s1. The average molecular weight is 329 g/mol. The molecule has 0 saturated carbocycles. The van der Waals surface area contributed by atoms with Gasteiger partial charge in [-0.05, 0) is 31.5 Å². The highest BCUT2D eigenvalue weighted by atomic mass is 35.5. The van der Waals surface area contributed by atoms with Crippen LogP contribution in [-0.2, 0) is 4.79 Å². The number of benzene rings is 1. The Balaban J connectivity index is 2.05. The number of thioether (sulfide) groups is 1. The molecule has 0 spiro atoms. The minimum atomic E-state index is -0.370. The number of amides is 1. The molecule has 8 heteroatoms. The normalized spacial score (nSPS) is 12.2. The molecule has 5 nitrogen and oxygen atoms in total. The Morgan fingerprint density at radius 3 is 2.90 bits per heavy atom. The lowest BCUT2D eigenvalue weighted by Gasteiger charge is -2.04.